The lowest BCUT2D eigenvalue weighted by molar-refractivity contribution is -0.117. The van der Waals surface area contributed by atoms with Crippen molar-refractivity contribution in [1.82, 2.24) is 14.9 Å². The highest BCUT2D eigenvalue weighted by Crippen LogP contribution is 2.28. The van der Waals surface area contributed by atoms with E-state index in [2.05, 4.69) is 20.2 Å². The molecule has 1 amide bonds. The molecule has 1 aromatic heterocycles. The number of amides is 1. The summed E-state index contributed by atoms with van der Waals surface area (Å²) in [4.78, 5) is 24.8. The van der Waals surface area contributed by atoms with Crippen molar-refractivity contribution < 1.29 is 13.6 Å². The summed E-state index contributed by atoms with van der Waals surface area (Å²) < 4.78 is 26.6. The first-order valence-corrected chi connectivity index (χ1v) is 10.3. The Morgan fingerprint density at radius 2 is 1.68 bits per heavy atom. The molecule has 0 spiro atoms. The van der Waals surface area contributed by atoms with Crippen LogP contribution in [0.5, 0.6) is 0 Å². The lowest BCUT2D eigenvalue weighted by Gasteiger charge is -2.35. The zero-order valence-electron chi connectivity index (χ0n) is 17.6. The minimum atomic E-state index is -2.72. The van der Waals surface area contributed by atoms with Crippen LogP contribution >= 0.6 is 0 Å². The van der Waals surface area contributed by atoms with Gasteiger partial charge < -0.3 is 10.2 Å². The molecule has 0 aliphatic carbocycles. The highest BCUT2D eigenvalue weighted by Gasteiger charge is 2.24. The summed E-state index contributed by atoms with van der Waals surface area (Å²) in [5.74, 6) is 0.0166. The van der Waals surface area contributed by atoms with Gasteiger partial charge in [0.2, 0.25) is 5.91 Å². The number of piperazine rings is 1. The van der Waals surface area contributed by atoms with Crippen LogP contribution in [-0.2, 0) is 4.79 Å². The summed E-state index contributed by atoms with van der Waals surface area (Å²) in [5.41, 5.74) is 3.43. The van der Waals surface area contributed by atoms with Gasteiger partial charge in [-0.1, -0.05) is 30.3 Å². The number of carbonyl (C=O) groups is 1. The van der Waals surface area contributed by atoms with E-state index in [1.165, 1.54) is 0 Å². The fourth-order valence-corrected chi connectivity index (χ4v) is 3.93. The van der Waals surface area contributed by atoms with E-state index in [0.29, 0.717) is 37.5 Å². The zero-order valence-corrected chi connectivity index (χ0v) is 17.6. The minimum absolute atomic E-state index is 0.0571. The maximum absolute atomic E-state index is 13.3. The molecule has 0 atom stereocenters. The van der Waals surface area contributed by atoms with Crippen LogP contribution in [-0.4, -0.2) is 53.5 Å². The van der Waals surface area contributed by atoms with Crippen LogP contribution in [0.4, 0.5) is 20.3 Å². The fraction of sp³-hybridized carbons (Fsp3) is 0.348. The van der Waals surface area contributed by atoms with E-state index in [1.54, 1.807) is 12.1 Å². The SMILES string of the molecule is Cc1cccc(C)c1NC(=O)CN1CCN(c2nc(C(F)F)nc3ccccc23)CC1. The Morgan fingerprint density at radius 3 is 2.35 bits per heavy atom. The molecule has 8 heteroatoms. The highest BCUT2D eigenvalue weighted by atomic mass is 19.3. The second-order valence-electron chi connectivity index (χ2n) is 7.80. The summed E-state index contributed by atoms with van der Waals surface area (Å²) in [6, 6.07) is 13.1. The number of fused-ring (bicyclic) bond motifs is 1. The largest absolute Gasteiger partial charge is 0.353 e. The van der Waals surface area contributed by atoms with Gasteiger partial charge in [0, 0.05) is 37.3 Å². The molecule has 1 N–H and O–H groups in total. The lowest BCUT2D eigenvalue weighted by atomic mass is 10.1. The molecular formula is C23H25F2N5O. The number of anilines is 2. The predicted octanol–water partition coefficient (Wildman–Crippen LogP) is 3.94. The van der Waals surface area contributed by atoms with Gasteiger partial charge in [0.15, 0.2) is 5.82 Å². The van der Waals surface area contributed by atoms with Crippen molar-refractivity contribution in [3.63, 3.8) is 0 Å². The van der Waals surface area contributed by atoms with E-state index in [-0.39, 0.29) is 12.5 Å². The van der Waals surface area contributed by atoms with Gasteiger partial charge in [0.25, 0.3) is 6.43 Å². The summed E-state index contributed by atoms with van der Waals surface area (Å²) in [6.07, 6.45) is -2.72. The predicted molar refractivity (Wildman–Crippen MR) is 118 cm³/mol. The van der Waals surface area contributed by atoms with E-state index in [0.717, 1.165) is 22.2 Å². The molecule has 162 valence electrons. The van der Waals surface area contributed by atoms with Crippen LogP contribution in [0, 0.1) is 13.8 Å². The zero-order chi connectivity index (χ0) is 22.0. The molecule has 3 aromatic rings. The maximum Gasteiger partial charge on any atom is 0.297 e. The number of carbonyl (C=O) groups excluding carboxylic acids is 1. The van der Waals surface area contributed by atoms with Gasteiger partial charge in [0.1, 0.15) is 5.82 Å². The molecule has 6 nitrogen and oxygen atoms in total. The molecule has 1 aliphatic rings. The van der Waals surface area contributed by atoms with Gasteiger partial charge in [-0.15, -0.1) is 0 Å². The number of hydrogen-bond acceptors (Lipinski definition) is 5. The van der Waals surface area contributed by atoms with Crippen LogP contribution < -0.4 is 10.2 Å². The second-order valence-corrected chi connectivity index (χ2v) is 7.80. The molecule has 1 aliphatic heterocycles. The number of rotatable bonds is 5. The number of nitrogens with one attached hydrogen (secondary N) is 1. The van der Waals surface area contributed by atoms with Crippen LogP contribution in [0.25, 0.3) is 10.9 Å². The summed E-state index contributed by atoms with van der Waals surface area (Å²) in [6.45, 7) is 6.71. The summed E-state index contributed by atoms with van der Waals surface area (Å²) >= 11 is 0. The Hall–Kier alpha value is -3.13. The molecule has 31 heavy (non-hydrogen) atoms. The molecule has 0 saturated carbocycles. The van der Waals surface area contributed by atoms with Crippen LogP contribution in [0.15, 0.2) is 42.5 Å². The maximum atomic E-state index is 13.3. The molecule has 1 saturated heterocycles. The molecule has 1 fully saturated rings. The van der Waals surface area contributed by atoms with Crippen LogP contribution in [0.3, 0.4) is 0 Å². The van der Waals surface area contributed by atoms with Crippen molar-refractivity contribution in [3.8, 4) is 0 Å². The quantitative estimate of drug-likeness (QED) is 0.671. The van der Waals surface area contributed by atoms with Gasteiger partial charge in [-0.3, -0.25) is 9.69 Å². The number of aryl methyl sites for hydroxylation is 2. The van der Waals surface area contributed by atoms with Crippen LogP contribution in [0.2, 0.25) is 0 Å². The standard InChI is InChI=1S/C23H25F2N5O/c1-15-6-5-7-16(2)20(15)27-19(31)14-29-10-12-30(13-11-29)23-17-8-3-4-9-18(17)26-22(28-23)21(24)25/h3-9,21H,10-14H2,1-2H3,(H,27,31). The Morgan fingerprint density at radius 1 is 1.00 bits per heavy atom. The topological polar surface area (TPSA) is 61.4 Å². The molecular weight excluding hydrogens is 400 g/mol. The normalized spacial score (nSPS) is 14.9. The van der Waals surface area contributed by atoms with Crippen molar-refractivity contribution in [2.24, 2.45) is 0 Å². The van der Waals surface area contributed by atoms with Gasteiger partial charge in [-0.25, -0.2) is 18.7 Å². The van der Waals surface area contributed by atoms with Crippen molar-refractivity contribution in [2.45, 2.75) is 20.3 Å². The Kier molecular flexibility index (Phi) is 6.08. The molecule has 0 unspecified atom stereocenters. The van der Waals surface area contributed by atoms with Crippen molar-refractivity contribution in [2.75, 3.05) is 42.9 Å². The first kappa shape index (κ1) is 21.1. The van der Waals surface area contributed by atoms with E-state index in [4.69, 9.17) is 0 Å². The first-order chi connectivity index (χ1) is 14.9. The monoisotopic (exact) mass is 425 g/mol. The number of para-hydroxylation sites is 2. The molecule has 4 rings (SSSR count). The number of benzene rings is 2. The summed E-state index contributed by atoms with van der Waals surface area (Å²) in [5, 5.41) is 3.77. The smallest absolute Gasteiger partial charge is 0.297 e. The molecule has 0 radical (unpaired) electrons. The number of hydrogen-bond donors (Lipinski definition) is 1. The third kappa shape index (κ3) is 4.64. The van der Waals surface area contributed by atoms with E-state index in [9.17, 15) is 13.6 Å². The number of alkyl halides is 2. The van der Waals surface area contributed by atoms with Gasteiger partial charge >= 0.3 is 0 Å². The van der Waals surface area contributed by atoms with Crippen molar-refractivity contribution in [1.29, 1.82) is 0 Å². The fourth-order valence-electron chi connectivity index (χ4n) is 3.93. The number of halogens is 2. The van der Waals surface area contributed by atoms with E-state index in [1.807, 2.05) is 49.1 Å². The third-order valence-electron chi connectivity index (χ3n) is 5.58. The van der Waals surface area contributed by atoms with Gasteiger partial charge in [-0.2, -0.15) is 0 Å². The van der Waals surface area contributed by atoms with E-state index >= 15 is 0 Å². The van der Waals surface area contributed by atoms with E-state index < -0.39 is 12.2 Å². The number of aromatic nitrogens is 2. The average molecular weight is 425 g/mol. The average Bonchev–Trinajstić information content (AvgIpc) is 2.76. The third-order valence-corrected chi connectivity index (χ3v) is 5.58. The van der Waals surface area contributed by atoms with Crippen LogP contribution in [0.1, 0.15) is 23.4 Å². The highest BCUT2D eigenvalue weighted by molar-refractivity contribution is 5.94. The second kappa shape index (κ2) is 8.93. The lowest BCUT2D eigenvalue weighted by Crippen LogP contribution is -2.49. The Balaban J connectivity index is 1.43. The first-order valence-electron chi connectivity index (χ1n) is 10.3. The van der Waals surface area contributed by atoms with Gasteiger partial charge in [0.05, 0.1) is 12.1 Å². The van der Waals surface area contributed by atoms with Crippen molar-refractivity contribution >= 4 is 28.3 Å². The van der Waals surface area contributed by atoms with Gasteiger partial charge in [-0.05, 0) is 37.1 Å². The van der Waals surface area contributed by atoms with Crippen molar-refractivity contribution in [3.05, 3.63) is 59.4 Å². The minimum Gasteiger partial charge on any atom is -0.353 e. The molecule has 2 aromatic carbocycles. The summed E-state index contributed by atoms with van der Waals surface area (Å²) in [7, 11) is 0. The Labute approximate surface area is 179 Å². The Bertz CT molecular complexity index is 1080. The molecule has 2 heterocycles. The number of nitrogens with zero attached hydrogens (tertiary/aromatic N) is 4. The molecule has 0 bridgehead atoms.